The first-order valence-corrected chi connectivity index (χ1v) is 12.7. The van der Waals surface area contributed by atoms with E-state index < -0.39 is 13.0 Å². The minimum atomic E-state index is -2.48. The zero-order valence-electron chi connectivity index (χ0n) is 19.4. The van der Waals surface area contributed by atoms with Crippen molar-refractivity contribution in [3.63, 3.8) is 0 Å². The summed E-state index contributed by atoms with van der Waals surface area (Å²) in [5, 5.41) is 7.26. The van der Waals surface area contributed by atoms with Gasteiger partial charge in [0, 0.05) is 42.9 Å². The van der Waals surface area contributed by atoms with Crippen molar-refractivity contribution in [3.05, 3.63) is 22.4 Å². The fraction of sp³-hybridized carbons (Fsp3) is 0.696. The average molecular weight is 499 g/mol. The van der Waals surface area contributed by atoms with Gasteiger partial charge in [-0.05, 0) is 56.1 Å². The second-order valence-electron chi connectivity index (χ2n) is 8.99. The summed E-state index contributed by atoms with van der Waals surface area (Å²) in [5.41, 5.74) is 0.968. The highest BCUT2D eigenvalue weighted by Crippen LogP contribution is 2.31. The number of carbonyl (C=O) groups is 1. The van der Waals surface area contributed by atoms with Crippen molar-refractivity contribution >= 4 is 17.2 Å². The smallest absolute Gasteiger partial charge is 0.273 e. The van der Waals surface area contributed by atoms with Gasteiger partial charge in [-0.1, -0.05) is 11.3 Å². The predicted octanol–water partition coefficient (Wildman–Crippen LogP) is 3.84. The van der Waals surface area contributed by atoms with Gasteiger partial charge in [0.2, 0.25) is 5.91 Å². The monoisotopic (exact) mass is 498 g/mol. The molecule has 2 aliphatic rings. The maximum absolute atomic E-state index is 12.4. The van der Waals surface area contributed by atoms with Crippen molar-refractivity contribution in [1.29, 1.82) is 0 Å². The van der Waals surface area contributed by atoms with Gasteiger partial charge >= 0.3 is 0 Å². The van der Waals surface area contributed by atoms with E-state index in [-0.39, 0.29) is 11.9 Å². The van der Waals surface area contributed by atoms with Gasteiger partial charge in [0.15, 0.2) is 6.61 Å². The molecule has 34 heavy (non-hydrogen) atoms. The highest BCUT2D eigenvalue weighted by atomic mass is 32.1. The molecule has 0 aromatic carbocycles. The number of aryl methyl sites for hydroxylation is 1. The second kappa shape index (κ2) is 11.9. The number of halogens is 2. The van der Waals surface area contributed by atoms with Gasteiger partial charge in [-0.3, -0.25) is 9.69 Å². The molecule has 188 valence electrons. The van der Waals surface area contributed by atoms with E-state index in [2.05, 4.69) is 20.4 Å². The number of ether oxygens (including phenoxy) is 2. The Morgan fingerprint density at radius 2 is 2.18 bits per heavy atom. The number of carbonyl (C=O) groups excluding carboxylic acids is 1. The Kier molecular flexibility index (Phi) is 8.71. The third kappa shape index (κ3) is 7.11. The molecule has 0 atom stereocenters. The lowest BCUT2D eigenvalue weighted by atomic mass is 9.84. The normalized spacial score (nSPS) is 20.8. The topological polar surface area (TPSA) is 89.7 Å². The summed E-state index contributed by atoms with van der Waals surface area (Å²) in [6.07, 6.45) is 4.67. The number of fused-ring (bicyclic) bond motifs is 1. The van der Waals surface area contributed by atoms with Crippen LogP contribution >= 0.6 is 11.3 Å². The van der Waals surface area contributed by atoms with Crippen LogP contribution in [0.4, 0.5) is 8.78 Å². The van der Waals surface area contributed by atoms with Crippen LogP contribution in [0, 0.1) is 5.92 Å². The molecule has 8 nitrogen and oxygen atoms in total. The van der Waals surface area contributed by atoms with Gasteiger partial charge in [0.05, 0.1) is 12.8 Å². The summed E-state index contributed by atoms with van der Waals surface area (Å²) in [6.45, 7) is 2.13. The van der Waals surface area contributed by atoms with E-state index in [1.54, 1.807) is 6.07 Å². The molecule has 0 saturated heterocycles. The summed E-state index contributed by atoms with van der Waals surface area (Å²) < 4.78 is 39.9. The maximum atomic E-state index is 12.4. The van der Waals surface area contributed by atoms with Gasteiger partial charge in [-0.15, -0.1) is 0 Å². The van der Waals surface area contributed by atoms with Crippen LogP contribution < -0.4 is 14.8 Å². The van der Waals surface area contributed by atoms with Crippen molar-refractivity contribution in [2.45, 2.75) is 70.4 Å². The lowest BCUT2D eigenvalue weighted by Crippen LogP contribution is -2.38. The molecule has 4 rings (SSSR count). The van der Waals surface area contributed by atoms with Crippen LogP contribution in [-0.4, -0.2) is 60.2 Å². The first-order chi connectivity index (χ1) is 16.5. The minimum Gasteiger partial charge on any atom is -0.479 e. The SMILES string of the molecule is COc1cc(CCC(=O)N[C@H]2CC[C@H](CCN3CCc4sc(OCC(F)F)nc4C3)CC2)on1. The number of methoxy groups -OCH3 is 1. The molecule has 2 aromatic rings. The number of rotatable bonds is 11. The summed E-state index contributed by atoms with van der Waals surface area (Å²) in [6, 6.07) is 1.95. The molecular formula is C23H32F2N4O4S. The molecule has 1 aliphatic heterocycles. The molecule has 1 N–H and O–H groups in total. The predicted molar refractivity (Wildman–Crippen MR) is 122 cm³/mol. The van der Waals surface area contributed by atoms with Crippen molar-refractivity contribution in [2.75, 3.05) is 26.8 Å². The first-order valence-electron chi connectivity index (χ1n) is 11.9. The van der Waals surface area contributed by atoms with E-state index in [0.717, 1.165) is 68.7 Å². The summed E-state index contributed by atoms with van der Waals surface area (Å²) in [7, 11) is 1.53. The van der Waals surface area contributed by atoms with Gasteiger partial charge in [-0.2, -0.15) is 0 Å². The van der Waals surface area contributed by atoms with Crippen LogP contribution in [0.15, 0.2) is 10.6 Å². The Morgan fingerprint density at radius 3 is 2.91 bits per heavy atom. The lowest BCUT2D eigenvalue weighted by Gasteiger charge is -2.32. The Balaban J connectivity index is 1.11. The highest BCUT2D eigenvalue weighted by Gasteiger charge is 2.25. The molecule has 11 heteroatoms. The number of nitrogens with zero attached hydrogens (tertiary/aromatic N) is 3. The zero-order chi connectivity index (χ0) is 23.9. The number of hydrogen-bond donors (Lipinski definition) is 1. The van der Waals surface area contributed by atoms with Crippen molar-refractivity contribution < 1.29 is 27.6 Å². The Labute approximate surface area is 202 Å². The van der Waals surface area contributed by atoms with Gasteiger partial charge < -0.3 is 19.3 Å². The molecule has 1 aliphatic carbocycles. The van der Waals surface area contributed by atoms with Gasteiger partial charge in [-0.25, -0.2) is 13.8 Å². The van der Waals surface area contributed by atoms with Crippen LogP contribution in [0.5, 0.6) is 11.1 Å². The van der Waals surface area contributed by atoms with E-state index >= 15 is 0 Å². The molecule has 0 bridgehead atoms. The molecule has 0 unspecified atom stereocenters. The number of amides is 1. The zero-order valence-corrected chi connectivity index (χ0v) is 20.2. The van der Waals surface area contributed by atoms with Crippen LogP contribution in [0.25, 0.3) is 0 Å². The molecule has 1 amide bonds. The van der Waals surface area contributed by atoms with E-state index in [4.69, 9.17) is 14.0 Å². The number of thiazole rings is 1. The van der Waals surface area contributed by atoms with Crippen LogP contribution in [-0.2, 0) is 24.2 Å². The summed E-state index contributed by atoms with van der Waals surface area (Å²) in [4.78, 5) is 20.2. The van der Waals surface area contributed by atoms with E-state index in [0.29, 0.717) is 35.6 Å². The maximum Gasteiger partial charge on any atom is 0.273 e. The Morgan fingerprint density at radius 1 is 1.35 bits per heavy atom. The first kappa shape index (κ1) is 24.8. The molecule has 3 heterocycles. The van der Waals surface area contributed by atoms with Gasteiger partial charge in [0.1, 0.15) is 5.76 Å². The molecule has 2 aromatic heterocycles. The average Bonchev–Trinajstić information content (AvgIpc) is 3.47. The summed E-state index contributed by atoms with van der Waals surface area (Å²) >= 11 is 1.39. The van der Waals surface area contributed by atoms with Crippen molar-refractivity contribution in [1.82, 2.24) is 20.4 Å². The van der Waals surface area contributed by atoms with Crippen LogP contribution in [0.3, 0.4) is 0 Å². The quantitative estimate of drug-likeness (QED) is 0.504. The highest BCUT2D eigenvalue weighted by molar-refractivity contribution is 7.13. The fourth-order valence-corrected chi connectivity index (χ4v) is 5.54. The lowest BCUT2D eigenvalue weighted by molar-refractivity contribution is -0.122. The fourth-order valence-electron chi connectivity index (χ4n) is 4.62. The minimum absolute atomic E-state index is 0.0445. The molecular weight excluding hydrogens is 466 g/mol. The van der Waals surface area contributed by atoms with Crippen LogP contribution in [0.2, 0.25) is 0 Å². The van der Waals surface area contributed by atoms with Crippen LogP contribution in [0.1, 0.15) is 54.9 Å². The second-order valence-corrected chi connectivity index (χ2v) is 10.0. The molecule has 1 saturated carbocycles. The largest absolute Gasteiger partial charge is 0.479 e. The van der Waals surface area contributed by atoms with E-state index in [1.807, 2.05) is 0 Å². The van der Waals surface area contributed by atoms with Crippen molar-refractivity contribution in [2.24, 2.45) is 5.92 Å². The molecule has 1 fully saturated rings. The number of aromatic nitrogens is 2. The number of nitrogens with one attached hydrogen (secondary N) is 1. The third-order valence-corrected chi connectivity index (χ3v) is 7.60. The van der Waals surface area contributed by atoms with Crippen molar-refractivity contribution in [3.8, 4) is 11.1 Å². The third-order valence-electron chi connectivity index (χ3n) is 6.53. The molecule has 0 spiro atoms. The molecule has 0 radical (unpaired) electrons. The van der Waals surface area contributed by atoms with E-state index in [9.17, 15) is 13.6 Å². The number of alkyl halides is 2. The number of hydrogen-bond acceptors (Lipinski definition) is 8. The standard InChI is InChI=1S/C23H32F2N4O4S/c1-31-22-12-17(33-28-22)6-7-21(30)26-16-4-2-15(3-5-16)8-10-29-11-9-19-18(13-29)27-23(34-19)32-14-20(24)25/h12,15-16,20H,2-11,13-14H2,1H3,(H,26,30)/t15-,16-. The van der Waals surface area contributed by atoms with Gasteiger partial charge in [0.25, 0.3) is 17.5 Å². The Bertz CT molecular complexity index is 930. The summed E-state index contributed by atoms with van der Waals surface area (Å²) in [5.74, 6) is 1.78. The van der Waals surface area contributed by atoms with E-state index in [1.165, 1.54) is 18.4 Å². The Hall–Kier alpha value is -2.27.